The molecular formula is C19H34IN5OS. The van der Waals surface area contributed by atoms with Crippen LogP contribution < -0.4 is 10.6 Å². The zero-order valence-corrected chi connectivity index (χ0v) is 19.8. The highest BCUT2D eigenvalue weighted by Crippen LogP contribution is 2.11. The summed E-state index contributed by atoms with van der Waals surface area (Å²) in [5.41, 5.74) is 1.11. The highest BCUT2D eigenvalue weighted by molar-refractivity contribution is 14.0. The molecule has 0 aromatic carbocycles. The number of aliphatic imine (C=N–C) groups is 1. The van der Waals surface area contributed by atoms with Crippen LogP contribution >= 0.6 is 35.3 Å². The Morgan fingerprint density at radius 3 is 2.89 bits per heavy atom. The Bertz CT molecular complexity index is 578. The summed E-state index contributed by atoms with van der Waals surface area (Å²) in [6, 6.07) is 0. The maximum Gasteiger partial charge on any atom is 0.222 e. The van der Waals surface area contributed by atoms with E-state index in [1.807, 2.05) is 11.8 Å². The number of rotatable bonds is 9. The fourth-order valence-corrected chi connectivity index (χ4v) is 3.85. The van der Waals surface area contributed by atoms with Gasteiger partial charge in [-0.3, -0.25) is 9.79 Å². The topological polar surface area (TPSA) is 69.6 Å². The van der Waals surface area contributed by atoms with E-state index in [1.165, 1.54) is 11.4 Å². The van der Waals surface area contributed by atoms with Crippen LogP contribution in [0.4, 0.5) is 0 Å². The highest BCUT2D eigenvalue weighted by Gasteiger charge is 2.15. The third-order valence-corrected chi connectivity index (χ3v) is 5.42. The van der Waals surface area contributed by atoms with Crippen LogP contribution in [-0.4, -0.2) is 54.5 Å². The van der Waals surface area contributed by atoms with Crippen molar-refractivity contribution in [3.8, 4) is 0 Å². The van der Waals surface area contributed by atoms with Crippen molar-refractivity contribution in [1.82, 2.24) is 20.5 Å². The molecule has 0 atom stereocenters. The number of thiazole rings is 1. The number of aromatic nitrogens is 1. The van der Waals surface area contributed by atoms with Crippen LogP contribution in [0.15, 0.2) is 10.4 Å². The number of hydrogen-bond donors (Lipinski definition) is 2. The number of halogens is 1. The van der Waals surface area contributed by atoms with Gasteiger partial charge in [0.2, 0.25) is 5.91 Å². The normalized spacial score (nSPS) is 15.3. The van der Waals surface area contributed by atoms with Crippen molar-refractivity contribution in [2.24, 2.45) is 4.99 Å². The molecular weight excluding hydrogens is 473 g/mol. The van der Waals surface area contributed by atoms with Gasteiger partial charge in [-0.2, -0.15) is 0 Å². The quantitative estimate of drug-likeness (QED) is 0.233. The molecule has 0 bridgehead atoms. The lowest BCUT2D eigenvalue weighted by Crippen LogP contribution is -2.38. The summed E-state index contributed by atoms with van der Waals surface area (Å²) < 4.78 is 0. The number of nitrogens with zero attached hydrogens (tertiary/aromatic N) is 3. The Hall–Kier alpha value is -0.900. The average molecular weight is 507 g/mol. The number of guanidine groups is 1. The lowest BCUT2D eigenvalue weighted by Gasteiger charge is -2.20. The van der Waals surface area contributed by atoms with Gasteiger partial charge in [-0.1, -0.05) is 6.42 Å². The molecule has 1 aromatic heterocycles. The summed E-state index contributed by atoms with van der Waals surface area (Å²) >= 11 is 1.73. The fraction of sp³-hybridized carbons (Fsp3) is 0.737. The number of hydrogen-bond acceptors (Lipinski definition) is 4. The molecule has 1 aliphatic heterocycles. The smallest absolute Gasteiger partial charge is 0.222 e. The lowest BCUT2D eigenvalue weighted by atomic mass is 10.2. The molecule has 0 saturated carbocycles. The Balaban J connectivity index is 0.00000364. The number of amides is 1. The minimum atomic E-state index is 0. The lowest BCUT2D eigenvalue weighted by molar-refractivity contribution is -0.130. The zero-order chi connectivity index (χ0) is 18.6. The van der Waals surface area contributed by atoms with Crippen molar-refractivity contribution in [3.05, 3.63) is 16.1 Å². The predicted molar refractivity (Wildman–Crippen MR) is 124 cm³/mol. The van der Waals surface area contributed by atoms with E-state index in [4.69, 9.17) is 0 Å². The second-order valence-corrected chi connectivity index (χ2v) is 7.66. The minimum Gasteiger partial charge on any atom is -0.357 e. The molecule has 0 spiro atoms. The second kappa shape index (κ2) is 14.1. The van der Waals surface area contributed by atoms with E-state index in [-0.39, 0.29) is 24.0 Å². The molecule has 0 unspecified atom stereocenters. The Kier molecular flexibility index (Phi) is 12.6. The van der Waals surface area contributed by atoms with Crippen LogP contribution in [0.5, 0.6) is 0 Å². The van der Waals surface area contributed by atoms with Crippen molar-refractivity contribution >= 4 is 47.2 Å². The summed E-state index contributed by atoms with van der Waals surface area (Å²) in [7, 11) is 0. The molecule has 0 aliphatic carbocycles. The van der Waals surface area contributed by atoms with Gasteiger partial charge >= 0.3 is 0 Å². The molecule has 2 rings (SSSR count). The van der Waals surface area contributed by atoms with Crippen LogP contribution in [0, 0.1) is 6.92 Å². The van der Waals surface area contributed by atoms with Gasteiger partial charge in [0.15, 0.2) is 5.96 Å². The van der Waals surface area contributed by atoms with Gasteiger partial charge in [0.05, 0.1) is 5.01 Å². The third kappa shape index (κ3) is 9.73. The summed E-state index contributed by atoms with van der Waals surface area (Å²) in [5.74, 6) is 1.18. The van der Waals surface area contributed by atoms with Gasteiger partial charge in [0.25, 0.3) is 0 Å². The molecule has 6 nitrogen and oxygen atoms in total. The van der Waals surface area contributed by atoms with E-state index in [0.29, 0.717) is 12.3 Å². The SMILES string of the molecule is CCNC(=NCCCN1CCCCCC1=O)NCCCc1nc(C)cs1.I. The summed E-state index contributed by atoms with van der Waals surface area (Å²) in [6.07, 6.45) is 7.03. The number of carbonyl (C=O) groups excluding carboxylic acids is 1. The minimum absolute atomic E-state index is 0. The van der Waals surface area contributed by atoms with Gasteiger partial charge < -0.3 is 15.5 Å². The van der Waals surface area contributed by atoms with E-state index in [9.17, 15) is 4.79 Å². The standard InChI is InChI=1S/C19H33N5OS.HI/c1-3-20-19(21-11-7-9-17-23-16(2)15-26-17)22-12-8-14-24-13-6-4-5-10-18(24)25;/h15H,3-14H2,1-2H3,(H2,20,21,22);1H. The van der Waals surface area contributed by atoms with Crippen molar-refractivity contribution in [2.75, 3.05) is 32.7 Å². The number of carbonyl (C=O) groups is 1. The molecule has 1 fully saturated rings. The van der Waals surface area contributed by atoms with E-state index in [0.717, 1.165) is 76.5 Å². The number of likely N-dealkylation sites (tertiary alicyclic amines) is 1. The van der Waals surface area contributed by atoms with Gasteiger partial charge in [-0.15, -0.1) is 35.3 Å². The van der Waals surface area contributed by atoms with Crippen molar-refractivity contribution in [3.63, 3.8) is 0 Å². The van der Waals surface area contributed by atoms with E-state index < -0.39 is 0 Å². The van der Waals surface area contributed by atoms with Crippen molar-refractivity contribution < 1.29 is 4.79 Å². The Labute approximate surface area is 184 Å². The van der Waals surface area contributed by atoms with Crippen LogP contribution in [0.3, 0.4) is 0 Å². The van der Waals surface area contributed by atoms with E-state index >= 15 is 0 Å². The first-order valence-corrected chi connectivity index (χ1v) is 10.8. The third-order valence-electron chi connectivity index (χ3n) is 4.40. The highest BCUT2D eigenvalue weighted by atomic mass is 127. The molecule has 0 radical (unpaired) electrons. The van der Waals surface area contributed by atoms with Crippen LogP contribution in [0.1, 0.15) is 56.2 Å². The largest absolute Gasteiger partial charge is 0.357 e. The molecule has 1 aliphatic rings. The van der Waals surface area contributed by atoms with Crippen LogP contribution in [-0.2, 0) is 11.2 Å². The predicted octanol–water partition coefficient (Wildman–Crippen LogP) is 3.35. The molecule has 2 heterocycles. The molecule has 1 aromatic rings. The number of nitrogens with one attached hydrogen (secondary N) is 2. The maximum absolute atomic E-state index is 12.0. The number of aryl methyl sites for hydroxylation is 2. The zero-order valence-electron chi connectivity index (χ0n) is 16.6. The molecule has 1 amide bonds. The van der Waals surface area contributed by atoms with Gasteiger partial charge in [0.1, 0.15) is 0 Å². The monoisotopic (exact) mass is 507 g/mol. The van der Waals surface area contributed by atoms with Crippen molar-refractivity contribution in [2.45, 2.75) is 58.8 Å². The summed E-state index contributed by atoms with van der Waals surface area (Å²) in [5, 5.41) is 9.98. The summed E-state index contributed by atoms with van der Waals surface area (Å²) in [6.45, 7) is 8.32. The molecule has 27 heavy (non-hydrogen) atoms. The second-order valence-electron chi connectivity index (χ2n) is 6.72. The first-order chi connectivity index (χ1) is 12.7. The molecule has 154 valence electrons. The van der Waals surface area contributed by atoms with Gasteiger partial charge in [-0.25, -0.2) is 4.98 Å². The Morgan fingerprint density at radius 2 is 2.15 bits per heavy atom. The van der Waals surface area contributed by atoms with E-state index in [1.54, 1.807) is 11.3 Å². The van der Waals surface area contributed by atoms with Gasteiger partial charge in [-0.05, 0) is 39.5 Å². The summed E-state index contributed by atoms with van der Waals surface area (Å²) in [4.78, 5) is 23.1. The van der Waals surface area contributed by atoms with E-state index in [2.05, 4.69) is 32.9 Å². The maximum atomic E-state index is 12.0. The molecule has 8 heteroatoms. The van der Waals surface area contributed by atoms with Crippen LogP contribution in [0.2, 0.25) is 0 Å². The fourth-order valence-electron chi connectivity index (χ4n) is 3.03. The molecule has 2 N–H and O–H groups in total. The Morgan fingerprint density at radius 1 is 1.30 bits per heavy atom. The average Bonchev–Trinajstić information content (AvgIpc) is 2.93. The van der Waals surface area contributed by atoms with Crippen molar-refractivity contribution in [1.29, 1.82) is 0 Å². The van der Waals surface area contributed by atoms with Crippen LogP contribution in [0.25, 0.3) is 0 Å². The van der Waals surface area contributed by atoms with Gasteiger partial charge in [0, 0.05) is 56.6 Å². The first-order valence-electron chi connectivity index (χ1n) is 9.90. The molecule has 1 saturated heterocycles. The first kappa shape index (κ1) is 24.1.